The zero-order valence-electron chi connectivity index (χ0n) is 9.15. The lowest BCUT2D eigenvalue weighted by molar-refractivity contribution is -0.137. The van der Waals surface area contributed by atoms with Crippen LogP contribution in [0.5, 0.6) is 0 Å². The van der Waals surface area contributed by atoms with Crippen molar-refractivity contribution in [1.82, 2.24) is 0 Å². The Bertz CT molecular complexity index is 293. The highest BCUT2D eigenvalue weighted by Gasteiger charge is 2.09. The second-order valence-electron chi connectivity index (χ2n) is 3.80. The topological polar surface area (TPSA) is 37.3 Å². The van der Waals surface area contributed by atoms with Crippen molar-refractivity contribution >= 4 is 5.97 Å². The Kier molecular flexibility index (Phi) is 4.88. The van der Waals surface area contributed by atoms with Crippen LogP contribution in [0.15, 0.2) is 30.3 Å². The SMILES string of the molecule is CCC(CCCC(=O)O)c1ccccc1. The molecule has 0 bridgehead atoms. The smallest absolute Gasteiger partial charge is 0.303 e. The number of rotatable bonds is 6. The van der Waals surface area contributed by atoms with Gasteiger partial charge in [0.25, 0.3) is 0 Å². The second-order valence-corrected chi connectivity index (χ2v) is 3.80. The van der Waals surface area contributed by atoms with E-state index in [9.17, 15) is 4.79 Å². The van der Waals surface area contributed by atoms with Crippen LogP contribution in [-0.2, 0) is 4.79 Å². The first-order valence-electron chi connectivity index (χ1n) is 5.50. The molecule has 0 saturated heterocycles. The molecule has 1 atom stereocenters. The first-order valence-corrected chi connectivity index (χ1v) is 5.50. The van der Waals surface area contributed by atoms with Gasteiger partial charge in [-0.3, -0.25) is 4.79 Å². The predicted molar refractivity (Wildman–Crippen MR) is 61.0 cm³/mol. The Morgan fingerprint density at radius 1 is 1.33 bits per heavy atom. The van der Waals surface area contributed by atoms with Gasteiger partial charge in [0.2, 0.25) is 0 Å². The van der Waals surface area contributed by atoms with Crippen molar-refractivity contribution in [2.24, 2.45) is 0 Å². The Hall–Kier alpha value is -1.31. The molecule has 15 heavy (non-hydrogen) atoms. The predicted octanol–water partition coefficient (Wildman–Crippen LogP) is 3.44. The summed E-state index contributed by atoms with van der Waals surface area (Å²) in [4.78, 5) is 10.4. The van der Waals surface area contributed by atoms with Gasteiger partial charge in [-0.1, -0.05) is 37.3 Å². The molecule has 0 heterocycles. The van der Waals surface area contributed by atoms with Gasteiger partial charge in [0.1, 0.15) is 0 Å². The lowest BCUT2D eigenvalue weighted by atomic mass is 9.91. The lowest BCUT2D eigenvalue weighted by Crippen LogP contribution is -2.00. The third kappa shape index (κ3) is 4.15. The Morgan fingerprint density at radius 3 is 2.53 bits per heavy atom. The van der Waals surface area contributed by atoms with Gasteiger partial charge in [-0.2, -0.15) is 0 Å². The molecule has 0 amide bonds. The summed E-state index contributed by atoms with van der Waals surface area (Å²) in [5.41, 5.74) is 1.32. The van der Waals surface area contributed by atoms with E-state index in [2.05, 4.69) is 19.1 Å². The molecule has 0 fully saturated rings. The second kappa shape index (κ2) is 6.23. The van der Waals surface area contributed by atoms with Gasteiger partial charge in [0.15, 0.2) is 0 Å². The fourth-order valence-corrected chi connectivity index (χ4v) is 1.83. The van der Waals surface area contributed by atoms with Crippen LogP contribution in [0.2, 0.25) is 0 Å². The van der Waals surface area contributed by atoms with Crippen LogP contribution in [0.3, 0.4) is 0 Å². The maximum absolute atomic E-state index is 10.4. The van der Waals surface area contributed by atoms with Crippen LogP contribution >= 0.6 is 0 Å². The van der Waals surface area contributed by atoms with Gasteiger partial charge in [-0.05, 0) is 30.7 Å². The standard InChI is InChI=1S/C13H18O2/c1-2-11(9-6-10-13(14)15)12-7-4-3-5-8-12/h3-5,7-8,11H,2,6,9-10H2,1H3,(H,14,15). The highest BCUT2D eigenvalue weighted by atomic mass is 16.4. The van der Waals surface area contributed by atoms with Gasteiger partial charge in [0, 0.05) is 6.42 Å². The summed E-state index contributed by atoms with van der Waals surface area (Å²) in [7, 11) is 0. The number of hydrogen-bond donors (Lipinski definition) is 1. The summed E-state index contributed by atoms with van der Waals surface area (Å²) in [6, 6.07) is 10.3. The normalized spacial score (nSPS) is 12.3. The fourth-order valence-electron chi connectivity index (χ4n) is 1.83. The molecular formula is C13H18O2. The van der Waals surface area contributed by atoms with Crippen molar-refractivity contribution in [3.05, 3.63) is 35.9 Å². The van der Waals surface area contributed by atoms with Crippen LogP contribution in [0.25, 0.3) is 0 Å². The van der Waals surface area contributed by atoms with Gasteiger partial charge < -0.3 is 5.11 Å². The highest BCUT2D eigenvalue weighted by Crippen LogP contribution is 2.24. The average molecular weight is 206 g/mol. The van der Waals surface area contributed by atoms with Gasteiger partial charge >= 0.3 is 5.97 Å². The van der Waals surface area contributed by atoms with Crippen LogP contribution in [0.1, 0.15) is 44.1 Å². The summed E-state index contributed by atoms with van der Waals surface area (Å²) < 4.78 is 0. The number of hydrogen-bond acceptors (Lipinski definition) is 1. The molecule has 1 unspecified atom stereocenters. The lowest BCUT2D eigenvalue weighted by Gasteiger charge is -2.14. The maximum atomic E-state index is 10.4. The molecule has 0 aliphatic heterocycles. The van der Waals surface area contributed by atoms with Gasteiger partial charge in [-0.15, -0.1) is 0 Å². The molecule has 1 N–H and O–H groups in total. The van der Waals surface area contributed by atoms with E-state index >= 15 is 0 Å². The minimum atomic E-state index is -0.696. The Balaban J connectivity index is 2.46. The molecule has 1 aromatic carbocycles. The fraction of sp³-hybridized carbons (Fsp3) is 0.462. The van der Waals surface area contributed by atoms with Crippen molar-refractivity contribution in [1.29, 1.82) is 0 Å². The summed E-state index contributed by atoms with van der Waals surface area (Å²) >= 11 is 0. The summed E-state index contributed by atoms with van der Waals surface area (Å²) in [6.07, 6.45) is 3.09. The van der Waals surface area contributed by atoms with E-state index in [0.717, 1.165) is 19.3 Å². The van der Waals surface area contributed by atoms with E-state index in [-0.39, 0.29) is 6.42 Å². The molecule has 82 valence electrons. The molecule has 2 heteroatoms. The average Bonchev–Trinajstić information content (AvgIpc) is 2.25. The van der Waals surface area contributed by atoms with E-state index in [4.69, 9.17) is 5.11 Å². The molecule has 1 aromatic rings. The van der Waals surface area contributed by atoms with Crippen LogP contribution in [0, 0.1) is 0 Å². The summed E-state index contributed by atoms with van der Waals surface area (Å²) in [6.45, 7) is 2.15. The molecule has 0 radical (unpaired) electrons. The van der Waals surface area contributed by atoms with Crippen molar-refractivity contribution in [2.45, 2.75) is 38.5 Å². The van der Waals surface area contributed by atoms with Crippen molar-refractivity contribution in [2.75, 3.05) is 0 Å². The van der Waals surface area contributed by atoms with E-state index in [1.807, 2.05) is 18.2 Å². The molecule has 1 rings (SSSR count). The van der Waals surface area contributed by atoms with Gasteiger partial charge in [-0.25, -0.2) is 0 Å². The van der Waals surface area contributed by atoms with E-state index < -0.39 is 5.97 Å². The van der Waals surface area contributed by atoms with Crippen molar-refractivity contribution < 1.29 is 9.90 Å². The van der Waals surface area contributed by atoms with E-state index in [0.29, 0.717) is 5.92 Å². The Morgan fingerprint density at radius 2 is 2.00 bits per heavy atom. The number of aliphatic carboxylic acids is 1. The molecular weight excluding hydrogens is 188 g/mol. The zero-order chi connectivity index (χ0) is 11.1. The van der Waals surface area contributed by atoms with Crippen molar-refractivity contribution in [3.8, 4) is 0 Å². The van der Waals surface area contributed by atoms with Crippen LogP contribution in [0.4, 0.5) is 0 Å². The molecule has 0 aliphatic carbocycles. The van der Waals surface area contributed by atoms with Crippen molar-refractivity contribution in [3.63, 3.8) is 0 Å². The zero-order valence-corrected chi connectivity index (χ0v) is 9.15. The maximum Gasteiger partial charge on any atom is 0.303 e. The molecule has 2 nitrogen and oxygen atoms in total. The highest BCUT2D eigenvalue weighted by molar-refractivity contribution is 5.66. The number of carboxylic acid groups (broad SMARTS) is 1. The largest absolute Gasteiger partial charge is 0.481 e. The third-order valence-electron chi connectivity index (χ3n) is 2.71. The molecule has 0 aromatic heterocycles. The number of carbonyl (C=O) groups is 1. The summed E-state index contributed by atoms with van der Waals surface area (Å²) in [5, 5.41) is 8.57. The summed E-state index contributed by atoms with van der Waals surface area (Å²) in [5.74, 6) is -0.191. The van der Waals surface area contributed by atoms with E-state index in [1.54, 1.807) is 0 Å². The monoisotopic (exact) mass is 206 g/mol. The van der Waals surface area contributed by atoms with Gasteiger partial charge in [0.05, 0.1) is 0 Å². The third-order valence-corrected chi connectivity index (χ3v) is 2.71. The minimum Gasteiger partial charge on any atom is -0.481 e. The first-order chi connectivity index (χ1) is 7.24. The molecule has 0 spiro atoms. The Labute approximate surface area is 90.9 Å². The molecule has 0 saturated carbocycles. The van der Waals surface area contributed by atoms with Crippen LogP contribution < -0.4 is 0 Å². The number of carboxylic acids is 1. The molecule has 0 aliphatic rings. The first kappa shape index (κ1) is 11.8. The van der Waals surface area contributed by atoms with Crippen LogP contribution in [-0.4, -0.2) is 11.1 Å². The minimum absolute atomic E-state index is 0.281. The number of benzene rings is 1. The van der Waals surface area contributed by atoms with E-state index in [1.165, 1.54) is 5.56 Å². The quantitative estimate of drug-likeness (QED) is 0.774.